The first kappa shape index (κ1) is 59.5. The molecule has 3 amide bonds. The number of rotatable bonds is 20. The average molecular weight is 1190 g/mol. The highest BCUT2D eigenvalue weighted by atomic mass is 35.5. The minimum atomic E-state index is -5.26. The number of carboxylic acids is 2. The Bertz CT molecular complexity index is 3580. The van der Waals surface area contributed by atoms with Gasteiger partial charge in [-0.15, -0.1) is 0 Å². The number of hydrogen-bond acceptors (Lipinski definition) is 12. The van der Waals surface area contributed by atoms with Crippen LogP contribution in [0, 0.1) is 17.6 Å². The van der Waals surface area contributed by atoms with Crippen molar-refractivity contribution in [2.45, 2.75) is 100 Å². The highest BCUT2D eigenvalue weighted by Gasteiger charge is 2.68. The van der Waals surface area contributed by atoms with Crippen LogP contribution in [0.5, 0.6) is 0 Å². The van der Waals surface area contributed by atoms with Crippen molar-refractivity contribution in [3.63, 3.8) is 0 Å². The fourth-order valence-electron chi connectivity index (χ4n) is 9.05. The molecule has 0 bridgehead atoms. The maximum atomic E-state index is 15.6. The van der Waals surface area contributed by atoms with E-state index in [1.165, 1.54) is 26.0 Å². The number of aliphatic carboxylic acids is 2. The number of alkyl halides is 8. The first-order valence-corrected chi connectivity index (χ1v) is 27.1. The number of carbonyl (C=O) groups excluding carboxylic acids is 3. The molecular weight excluding hydrogens is 1140 g/mol. The molecule has 7 rings (SSSR count). The van der Waals surface area contributed by atoms with Crippen molar-refractivity contribution in [1.29, 1.82) is 0 Å². The van der Waals surface area contributed by atoms with Gasteiger partial charge in [0.2, 0.25) is 21.8 Å². The number of aromatic nitrogens is 5. The Balaban J connectivity index is 1.44. The van der Waals surface area contributed by atoms with Crippen molar-refractivity contribution in [2.24, 2.45) is 5.92 Å². The smallest absolute Gasteiger partial charge is 0.435 e. The van der Waals surface area contributed by atoms with Crippen molar-refractivity contribution in [2.75, 3.05) is 16.8 Å². The van der Waals surface area contributed by atoms with Gasteiger partial charge in [0.05, 0.1) is 45.1 Å². The lowest BCUT2D eigenvalue weighted by molar-refractivity contribution is -0.146. The van der Waals surface area contributed by atoms with Gasteiger partial charge in [0.1, 0.15) is 36.5 Å². The summed E-state index contributed by atoms with van der Waals surface area (Å²) in [5.41, 5.74) is -5.95. The van der Waals surface area contributed by atoms with Gasteiger partial charge in [-0.1, -0.05) is 23.7 Å². The van der Waals surface area contributed by atoms with Gasteiger partial charge in [-0.2, -0.15) is 49.6 Å². The van der Waals surface area contributed by atoms with Crippen LogP contribution in [0.3, 0.4) is 0 Å². The van der Waals surface area contributed by atoms with Gasteiger partial charge in [0, 0.05) is 52.8 Å². The normalized spacial score (nSPS) is 17.1. The first-order valence-electron chi connectivity index (χ1n) is 23.0. The lowest BCUT2D eigenvalue weighted by atomic mass is 9.93. The molecule has 3 aromatic heterocycles. The maximum absolute atomic E-state index is 15.6. The third-order valence-corrected chi connectivity index (χ3v) is 16.6. The fourth-order valence-corrected chi connectivity index (χ4v) is 10.6. The second-order valence-electron chi connectivity index (χ2n) is 19.3. The summed E-state index contributed by atoms with van der Waals surface area (Å²) in [7, 11) is -8.85. The van der Waals surface area contributed by atoms with E-state index in [0.717, 1.165) is 30.5 Å². The van der Waals surface area contributed by atoms with Crippen molar-refractivity contribution >= 4 is 77.8 Å². The lowest BCUT2D eigenvalue weighted by Gasteiger charge is -2.25. The molecule has 426 valence electrons. The number of nitrogens with zero attached hydrogens (tertiary/aromatic N) is 6. The third-order valence-electron chi connectivity index (χ3n) is 13.0. The van der Waals surface area contributed by atoms with Crippen LogP contribution >= 0.6 is 11.6 Å². The fraction of sp³-hybridized carbons (Fsp3) is 0.404. The zero-order valence-electron chi connectivity index (χ0n) is 41.2. The van der Waals surface area contributed by atoms with Gasteiger partial charge in [0.25, 0.3) is 11.8 Å². The number of anilines is 1. The Labute approximate surface area is 445 Å². The summed E-state index contributed by atoms with van der Waals surface area (Å²) in [6.45, 7) is -0.692. The second-order valence-corrected chi connectivity index (χ2v) is 24.2. The first-order chi connectivity index (χ1) is 36.3. The van der Waals surface area contributed by atoms with Crippen LogP contribution in [0.1, 0.15) is 79.0 Å². The molecule has 0 saturated heterocycles. The maximum Gasteiger partial charge on any atom is 0.435 e. The molecule has 79 heavy (non-hydrogen) atoms. The Kier molecular flexibility index (Phi) is 15.9. The van der Waals surface area contributed by atoms with E-state index < -0.39 is 184 Å². The van der Waals surface area contributed by atoms with E-state index in [1.807, 2.05) is 0 Å². The van der Waals surface area contributed by atoms with Gasteiger partial charge in [-0.25, -0.2) is 30.4 Å². The predicted molar refractivity (Wildman–Crippen MR) is 257 cm³/mol. The second kappa shape index (κ2) is 21.1. The number of amides is 3. The molecule has 5 aromatic rings. The van der Waals surface area contributed by atoms with Crippen LogP contribution in [-0.2, 0) is 81.9 Å². The predicted octanol–water partition coefficient (Wildman–Crippen LogP) is 6.77. The summed E-state index contributed by atoms with van der Waals surface area (Å²) >= 11 is 6.62. The number of nitrogens with one attached hydrogen (secondary N) is 2. The highest BCUT2D eigenvalue weighted by Crippen LogP contribution is 2.68. The van der Waals surface area contributed by atoms with Gasteiger partial charge in [0.15, 0.2) is 21.3 Å². The molecule has 1 unspecified atom stereocenters. The molecule has 1 fully saturated rings. The topological polar surface area (TPSA) is 270 Å². The molecule has 3 heterocycles. The minimum absolute atomic E-state index is 0.0178. The molecular formula is C47H43ClF10N8O11S2. The van der Waals surface area contributed by atoms with Crippen molar-refractivity contribution in [3.8, 4) is 11.1 Å². The van der Waals surface area contributed by atoms with Crippen LogP contribution in [0.15, 0.2) is 54.6 Å². The van der Waals surface area contributed by atoms with Crippen LogP contribution in [0.4, 0.5) is 49.7 Å². The SMILES string of the molecule is CC(C)(CCc1ccc(-c2ccc(Cl)c3c(N(C(=O)/C=C/C(=O)N[C@@H](CC(=O)O)C(=O)O)S(C)(=O)=O)nn(CC(F)(F)F)c23)c([C@H](Cc2cc(F)cc(F)c2)NC(=O)Cn2nc(C(F)(F)F)c3c2C(F)(F)[C@@H]2CC32)n1)S(C)(=O)=O. The highest BCUT2D eigenvalue weighted by molar-refractivity contribution is 7.93. The lowest BCUT2D eigenvalue weighted by Crippen LogP contribution is -2.41. The van der Waals surface area contributed by atoms with E-state index in [1.54, 1.807) is 5.32 Å². The van der Waals surface area contributed by atoms with Crippen LogP contribution in [0.2, 0.25) is 5.02 Å². The van der Waals surface area contributed by atoms with Crippen molar-refractivity contribution in [1.82, 2.24) is 35.2 Å². The number of sulfone groups is 1. The summed E-state index contributed by atoms with van der Waals surface area (Å²) in [5, 5.41) is 28.4. The summed E-state index contributed by atoms with van der Waals surface area (Å²) in [6.07, 6.45) is -11.3. The Hall–Kier alpha value is -7.15. The molecule has 2 aliphatic carbocycles. The average Bonchev–Trinajstić information content (AvgIpc) is 2.91. The summed E-state index contributed by atoms with van der Waals surface area (Å²) < 4.78 is 199. The number of halogens is 11. The molecule has 2 aromatic carbocycles. The number of carbonyl (C=O) groups is 5. The number of aryl methyl sites for hydroxylation is 1. The van der Waals surface area contributed by atoms with Gasteiger partial charge < -0.3 is 20.8 Å². The molecule has 32 heteroatoms. The van der Waals surface area contributed by atoms with E-state index in [2.05, 4.69) is 20.5 Å². The van der Waals surface area contributed by atoms with Crippen LogP contribution in [0.25, 0.3) is 22.0 Å². The summed E-state index contributed by atoms with van der Waals surface area (Å²) in [4.78, 5) is 68.0. The quantitative estimate of drug-likeness (QED) is 0.0463. The molecule has 4 N–H and O–H groups in total. The molecule has 0 aliphatic heterocycles. The van der Waals surface area contributed by atoms with E-state index in [0.29, 0.717) is 12.3 Å². The number of sulfonamides is 1. The number of hydrogen-bond donors (Lipinski definition) is 4. The molecule has 19 nitrogen and oxygen atoms in total. The van der Waals surface area contributed by atoms with Crippen LogP contribution < -0.4 is 14.9 Å². The Morgan fingerprint density at radius 3 is 2.10 bits per heavy atom. The summed E-state index contributed by atoms with van der Waals surface area (Å²) in [6, 6.07) is 2.58. The molecule has 1 saturated carbocycles. The number of fused-ring (bicyclic) bond motifs is 4. The molecule has 0 spiro atoms. The molecule has 4 atom stereocenters. The molecule has 2 aliphatic rings. The van der Waals surface area contributed by atoms with E-state index in [-0.39, 0.29) is 61.9 Å². The zero-order chi connectivity index (χ0) is 58.9. The Morgan fingerprint density at radius 2 is 1.53 bits per heavy atom. The monoisotopic (exact) mass is 1180 g/mol. The largest absolute Gasteiger partial charge is 0.481 e. The van der Waals surface area contributed by atoms with Crippen LogP contribution in [-0.4, -0.2) is 111 Å². The van der Waals surface area contributed by atoms with Crippen molar-refractivity contribution in [3.05, 3.63) is 105 Å². The number of pyridine rings is 1. The zero-order valence-corrected chi connectivity index (χ0v) is 43.6. The number of benzene rings is 2. The van der Waals surface area contributed by atoms with E-state index in [4.69, 9.17) is 16.7 Å². The summed E-state index contributed by atoms with van der Waals surface area (Å²) in [5.74, 6) is -18.2. The Morgan fingerprint density at radius 1 is 0.899 bits per heavy atom. The standard InChI is InChI=1S/C47H43ClF10N8O11S2/c1-44(2,78(3,74)75)12-11-24-5-6-25(38(59-24)30(15-21-13-22(49)16-23(50)14-21)60-33(68)19-64-41-36(40(62-64)47(56,57)58)27-17-28(27)46(41,54)55)26-7-8-29(48)37-39(26)65(20-45(51,52)53)63-42(37)66(79(4,76)77)34(69)10-9-32(67)61-31(43(72)73)18-35(70)71/h5-10,13-14,16,27-28,30-31H,11-12,15,17-20H2,1-4H3,(H,60,68)(H,61,67)(H,70,71)(H,72,73)/b10-9+/t27?,28-,30+,31+/m1/s1. The number of carboxylic acid groups (broad SMARTS) is 2. The van der Waals surface area contributed by atoms with Gasteiger partial charge in [-0.3, -0.25) is 33.5 Å². The van der Waals surface area contributed by atoms with Gasteiger partial charge >= 0.3 is 24.3 Å². The third kappa shape index (κ3) is 12.8. The van der Waals surface area contributed by atoms with Crippen molar-refractivity contribution < 1.29 is 94.9 Å². The van der Waals surface area contributed by atoms with E-state index >= 15 is 8.78 Å². The minimum Gasteiger partial charge on any atom is -0.481 e. The van der Waals surface area contributed by atoms with Gasteiger partial charge in [-0.05, 0) is 75.3 Å². The van der Waals surface area contributed by atoms with E-state index in [9.17, 15) is 81.0 Å². The molecule has 0 radical (unpaired) electrons.